The number of para-hydroxylation sites is 1. The minimum atomic E-state index is 0.699. The molecule has 0 spiro atoms. The maximum Gasteiger partial charge on any atom is 0.158 e. The lowest BCUT2D eigenvalue weighted by Gasteiger charge is -2.10. The third kappa shape index (κ3) is 2.54. The fraction of sp³-hybridized carbons (Fsp3) is 0.158. The standard InChI is InChI=1S/C19H18N4O/c1-13-11-18-21-19(16-5-3-4-6-17(16)23(18)22-13)20-12-14-7-9-15(24-2)10-8-14/h3-11H,12H2,1-2H3,(H,20,21). The van der Waals surface area contributed by atoms with Crippen LogP contribution in [0.4, 0.5) is 5.82 Å². The summed E-state index contributed by atoms with van der Waals surface area (Å²) in [6.07, 6.45) is 0. The second-order valence-corrected chi connectivity index (χ2v) is 5.73. The molecule has 0 bridgehead atoms. The second kappa shape index (κ2) is 5.85. The lowest BCUT2D eigenvalue weighted by Crippen LogP contribution is -2.04. The van der Waals surface area contributed by atoms with Crippen molar-refractivity contribution in [2.75, 3.05) is 12.4 Å². The van der Waals surface area contributed by atoms with Crippen molar-refractivity contribution in [3.63, 3.8) is 0 Å². The van der Waals surface area contributed by atoms with E-state index >= 15 is 0 Å². The zero-order valence-corrected chi connectivity index (χ0v) is 13.7. The monoisotopic (exact) mass is 318 g/mol. The van der Waals surface area contributed by atoms with Crippen molar-refractivity contribution in [1.82, 2.24) is 14.6 Å². The van der Waals surface area contributed by atoms with Gasteiger partial charge in [-0.15, -0.1) is 0 Å². The molecule has 0 atom stereocenters. The van der Waals surface area contributed by atoms with Crippen LogP contribution in [0, 0.1) is 6.92 Å². The minimum Gasteiger partial charge on any atom is -0.497 e. The topological polar surface area (TPSA) is 51.5 Å². The first-order valence-electron chi connectivity index (χ1n) is 7.86. The quantitative estimate of drug-likeness (QED) is 0.621. The number of aromatic nitrogens is 3. The Morgan fingerprint density at radius 1 is 1.08 bits per heavy atom. The fourth-order valence-electron chi connectivity index (χ4n) is 2.84. The molecule has 0 radical (unpaired) electrons. The van der Waals surface area contributed by atoms with Gasteiger partial charge in [-0.1, -0.05) is 24.3 Å². The predicted octanol–water partition coefficient (Wildman–Crippen LogP) is 3.81. The van der Waals surface area contributed by atoms with Crippen molar-refractivity contribution in [3.8, 4) is 5.75 Å². The number of nitrogens with one attached hydrogen (secondary N) is 1. The van der Waals surface area contributed by atoms with E-state index in [-0.39, 0.29) is 0 Å². The number of rotatable bonds is 4. The summed E-state index contributed by atoms with van der Waals surface area (Å²) in [5, 5.41) is 9.04. The average molecular weight is 318 g/mol. The van der Waals surface area contributed by atoms with Crippen LogP contribution in [0.5, 0.6) is 5.75 Å². The summed E-state index contributed by atoms with van der Waals surface area (Å²) in [5.41, 5.74) is 4.03. The number of nitrogens with zero attached hydrogens (tertiary/aromatic N) is 3. The molecule has 0 unspecified atom stereocenters. The molecule has 2 aromatic carbocycles. The number of aryl methyl sites for hydroxylation is 1. The lowest BCUT2D eigenvalue weighted by molar-refractivity contribution is 0.414. The highest BCUT2D eigenvalue weighted by Gasteiger charge is 2.09. The van der Waals surface area contributed by atoms with E-state index < -0.39 is 0 Å². The summed E-state index contributed by atoms with van der Waals surface area (Å²) in [5.74, 6) is 1.73. The molecule has 120 valence electrons. The number of fused-ring (bicyclic) bond motifs is 3. The van der Waals surface area contributed by atoms with Gasteiger partial charge in [0.1, 0.15) is 11.6 Å². The van der Waals surface area contributed by atoms with Crippen molar-refractivity contribution in [2.45, 2.75) is 13.5 Å². The van der Waals surface area contributed by atoms with Crippen LogP contribution in [0.2, 0.25) is 0 Å². The van der Waals surface area contributed by atoms with Crippen molar-refractivity contribution < 1.29 is 4.74 Å². The molecule has 2 heterocycles. The molecule has 0 fully saturated rings. The Morgan fingerprint density at radius 3 is 2.67 bits per heavy atom. The number of methoxy groups -OCH3 is 1. The summed E-state index contributed by atoms with van der Waals surface area (Å²) in [7, 11) is 1.67. The Labute approximate surface area is 139 Å². The smallest absolute Gasteiger partial charge is 0.158 e. The Kier molecular flexibility index (Phi) is 3.54. The summed E-state index contributed by atoms with van der Waals surface area (Å²) < 4.78 is 7.09. The van der Waals surface area contributed by atoms with Crippen LogP contribution < -0.4 is 10.1 Å². The molecule has 0 aliphatic carbocycles. The van der Waals surface area contributed by atoms with Crippen molar-refractivity contribution in [1.29, 1.82) is 0 Å². The highest BCUT2D eigenvalue weighted by Crippen LogP contribution is 2.24. The van der Waals surface area contributed by atoms with Crippen molar-refractivity contribution >= 4 is 22.4 Å². The van der Waals surface area contributed by atoms with Gasteiger partial charge in [-0.25, -0.2) is 9.50 Å². The van der Waals surface area contributed by atoms with Gasteiger partial charge in [0, 0.05) is 18.0 Å². The van der Waals surface area contributed by atoms with E-state index in [9.17, 15) is 0 Å². The molecule has 24 heavy (non-hydrogen) atoms. The average Bonchev–Trinajstić information content (AvgIpc) is 3.00. The van der Waals surface area contributed by atoms with Gasteiger partial charge in [-0.2, -0.15) is 5.10 Å². The first-order chi connectivity index (χ1) is 11.7. The van der Waals surface area contributed by atoms with E-state index in [1.54, 1.807) is 7.11 Å². The molecule has 0 saturated heterocycles. The van der Waals surface area contributed by atoms with Gasteiger partial charge >= 0.3 is 0 Å². The Morgan fingerprint density at radius 2 is 1.88 bits per heavy atom. The lowest BCUT2D eigenvalue weighted by atomic mass is 10.2. The van der Waals surface area contributed by atoms with Crippen LogP contribution in [-0.2, 0) is 6.54 Å². The van der Waals surface area contributed by atoms with E-state index in [1.165, 1.54) is 5.56 Å². The predicted molar refractivity (Wildman–Crippen MR) is 95.6 cm³/mol. The van der Waals surface area contributed by atoms with Gasteiger partial charge in [-0.05, 0) is 36.8 Å². The van der Waals surface area contributed by atoms with Gasteiger partial charge in [0.25, 0.3) is 0 Å². The third-order valence-corrected chi connectivity index (χ3v) is 4.05. The Bertz CT molecular complexity index is 1010. The number of ether oxygens (including phenoxy) is 1. The van der Waals surface area contributed by atoms with Crippen LogP contribution in [0.3, 0.4) is 0 Å². The summed E-state index contributed by atoms with van der Waals surface area (Å²) >= 11 is 0. The molecule has 5 nitrogen and oxygen atoms in total. The molecule has 4 aromatic rings. The van der Waals surface area contributed by atoms with E-state index in [1.807, 2.05) is 41.8 Å². The largest absolute Gasteiger partial charge is 0.497 e. The number of hydrogen-bond donors (Lipinski definition) is 1. The molecule has 0 aliphatic rings. The molecular weight excluding hydrogens is 300 g/mol. The first kappa shape index (κ1) is 14.5. The van der Waals surface area contributed by atoms with Crippen LogP contribution >= 0.6 is 0 Å². The van der Waals surface area contributed by atoms with Gasteiger partial charge in [-0.3, -0.25) is 0 Å². The highest BCUT2D eigenvalue weighted by molar-refractivity contribution is 5.91. The summed E-state index contributed by atoms with van der Waals surface area (Å²) in [6.45, 7) is 2.68. The van der Waals surface area contributed by atoms with Crippen LogP contribution in [-0.4, -0.2) is 21.7 Å². The molecule has 1 N–H and O–H groups in total. The summed E-state index contributed by atoms with van der Waals surface area (Å²) in [4.78, 5) is 4.74. The maximum absolute atomic E-state index is 5.20. The fourth-order valence-corrected chi connectivity index (χ4v) is 2.84. The molecule has 5 heteroatoms. The van der Waals surface area contributed by atoms with Crippen LogP contribution in [0.15, 0.2) is 54.6 Å². The zero-order chi connectivity index (χ0) is 16.5. The first-order valence-corrected chi connectivity index (χ1v) is 7.86. The second-order valence-electron chi connectivity index (χ2n) is 5.73. The molecule has 2 aromatic heterocycles. The molecular formula is C19H18N4O. The number of anilines is 1. The maximum atomic E-state index is 5.20. The zero-order valence-electron chi connectivity index (χ0n) is 13.7. The molecule has 0 amide bonds. The normalized spacial score (nSPS) is 11.1. The van der Waals surface area contributed by atoms with Crippen LogP contribution in [0.25, 0.3) is 16.6 Å². The van der Waals surface area contributed by atoms with Crippen LogP contribution in [0.1, 0.15) is 11.3 Å². The molecule has 0 aliphatic heterocycles. The van der Waals surface area contributed by atoms with E-state index in [4.69, 9.17) is 9.72 Å². The van der Waals surface area contributed by atoms with Gasteiger partial charge < -0.3 is 10.1 Å². The molecule has 0 saturated carbocycles. The number of benzene rings is 2. The van der Waals surface area contributed by atoms with Crippen molar-refractivity contribution in [3.05, 3.63) is 65.9 Å². The Hall–Kier alpha value is -3.08. The van der Waals surface area contributed by atoms with Gasteiger partial charge in [0.15, 0.2) is 5.65 Å². The Balaban J connectivity index is 1.71. The SMILES string of the molecule is COc1ccc(CNc2nc3cc(C)nn3c3ccccc23)cc1. The van der Waals surface area contributed by atoms with E-state index in [2.05, 4.69) is 34.7 Å². The minimum absolute atomic E-state index is 0.699. The van der Waals surface area contributed by atoms with E-state index in [0.29, 0.717) is 6.54 Å². The summed E-state index contributed by atoms with van der Waals surface area (Å²) in [6, 6.07) is 18.2. The molecule has 4 rings (SSSR count). The van der Waals surface area contributed by atoms with E-state index in [0.717, 1.165) is 33.8 Å². The van der Waals surface area contributed by atoms with Gasteiger partial charge in [0.2, 0.25) is 0 Å². The highest BCUT2D eigenvalue weighted by atomic mass is 16.5. The third-order valence-electron chi connectivity index (χ3n) is 4.05. The van der Waals surface area contributed by atoms with Gasteiger partial charge in [0.05, 0.1) is 18.3 Å². The number of hydrogen-bond acceptors (Lipinski definition) is 4. The van der Waals surface area contributed by atoms with Crippen molar-refractivity contribution in [2.24, 2.45) is 0 Å².